The fourth-order valence-corrected chi connectivity index (χ4v) is 3.75. The number of nitrogens with zero attached hydrogens (tertiary/aromatic N) is 4. The molecule has 1 amide bonds. The highest BCUT2D eigenvalue weighted by Gasteiger charge is 2.16. The van der Waals surface area contributed by atoms with Crippen molar-refractivity contribution in [1.29, 1.82) is 0 Å². The molecule has 4 rings (SSSR count). The van der Waals surface area contributed by atoms with Crippen LogP contribution in [0.5, 0.6) is 11.5 Å². The summed E-state index contributed by atoms with van der Waals surface area (Å²) >= 11 is 0. The number of ketones is 1. The van der Waals surface area contributed by atoms with Gasteiger partial charge in [-0.3, -0.25) is 9.59 Å². The number of nitrogens with one attached hydrogen (secondary N) is 1. The molecule has 2 aromatic carbocycles. The first kappa shape index (κ1) is 24.2. The number of carbonyl (C=O) groups excluding carboxylic acids is 2. The van der Waals surface area contributed by atoms with Crippen LogP contribution in [0, 0.1) is 0 Å². The molecule has 1 N–H and O–H groups in total. The second-order valence-corrected chi connectivity index (χ2v) is 8.40. The van der Waals surface area contributed by atoms with Crippen LogP contribution in [0.4, 0.5) is 11.5 Å². The summed E-state index contributed by atoms with van der Waals surface area (Å²) in [5.41, 5.74) is 2.83. The molecule has 2 heterocycles. The number of benzene rings is 2. The van der Waals surface area contributed by atoms with Crippen LogP contribution in [0.1, 0.15) is 17.3 Å². The third-order valence-electron chi connectivity index (χ3n) is 5.87. The van der Waals surface area contributed by atoms with Crippen molar-refractivity contribution in [2.75, 3.05) is 57.2 Å². The first-order valence-corrected chi connectivity index (χ1v) is 11.4. The maximum absolute atomic E-state index is 12.4. The molecule has 0 spiro atoms. The highest BCUT2D eigenvalue weighted by atomic mass is 16.5. The van der Waals surface area contributed by atoms with Crippen molar-refractivity contribution in [2.24, 2.45) is 0 Å². The van der Waals surface area contributed by atoms with Gasteiger partial charge in [-0.2, -0.15) is 0 Å². The zero-order valence-electron chi connectivity index (χ0n) is 20.2. The smallest absolute Gasteiger partial charge is 0.262 e. The topological polar surface area (TPSA) is 96.9 Å². The second-order valence-electron chi connectivity index (χ2n) is 8.40. The highest BCUT2D eigenvalue weighted by Crippen LogP contribution is 2.28. The molecule has 3 aromatic rings. The van der Waals surface area contributed by atoms with E-state index in [-0.39, 0.29) is 18.3 Å². The van der Waals surface area contributed by atoms with E-state index in [1.54, 1.807) is 18.2 Å². The summed E-state index contributed by atoms with van der Waals surface area (Å²) in [6.45, 7) is 5.20. The minimum Gasteiger partial charge on any atom is -0.493 e. The summed E-state index contributed by atoms with van der Waals surface area (Å²) < 4.78 is 10.8. The third kappa shape index (κ3) is 6.13. The Morgan fingerprint density at radius 1 is 0.943 bits per heavy atom. The third-order valence-corrected chi connectivity index (χ3v) is 5.87. The van der Waals surface area contributed by atoms with Crippen LogP contribution in [-0.4, -0.2) is 73.7 Å². The van der Waals surface area contributed by atoms with E-state index >= 15 is 0 Å². The van der Waals surface area contributed by atoms with Gasteiger partial charge in [-0.05, 0) is 56.4 Å². The number of hydrogen-bond acceptors (Lipinski definition) is 8. The molecule has 1 aromatic heterocycles. The minimum atomic E-state index is -0.313. The average molecular weight is 476 g/mol. The van der Waals surface area contributed by atoms with Gasteiger partial charge in [0.1, 0.15) is 0 Å². The Kier molecular flexibility index (Phi) is 7.57. The Bertz CT molecular complexity index is 1170. The van der Waals surface area contributed by atoms with Gasteiger partial charge in [0.2, 0.25) is 0 Å². The molecule has 0 unspecified atom stereocenters. The Hall–Kier alpha value is -3.98. The number of ether oxygens (including phenoxy) is 2. The Morgan fingerprint density at radius 3 is 2.31 bits per heavy atom. The molecular weight excluding hydrogens is 446 g/mol. The predicted octanol–water partition coefficient (Wildman–Crippen LogP) is 3.12. The van der Waals surface area contributed by atoms with Gasteiger partial charge >= 0.3 is 0 Å². The summed E-state index contributed by atoms with van der Waals surface area (Å²) in [6, 6.07) is 16.2. The van der Waals surface area contributed by atoms with E-state index < -0.39 is 0 Å². The van der Waals surface area contributed by atoms with Crippen molar-refractivity contribution in [2.45, 2.75) is 6.92 Å². The average Bonchev–Trinajstić information content (AvgIpc) is 2.88. The van der Waals surface area contributed by atoms with Crippen LogP contribution in [0.25, 0.3) is 11.3 Å². The highest BCUT2D eigenvalue weighted by molar-refractivity contribution is 5.95. The molecule has 0 atom stereocenters. The number of aromatic nitrogens is 2. The lowest BCUT2D eigenvalue weighted by molar-refractivity contribution is -0.118. The summed E-state index contributed by atoms with van der Waals surface area (Å²) in [4.78, 5) is 28.4. The van der Waals surface area contributed by atoms with Crippen LogP contribution in [-0.2, 0) is 4.79 Å². The maximum atomic E-state index is 12.4. The number of amides is 1. The van der Waals surface area contributed by atoms with Crippen LogP contribution in [0.3, 0.4) is 0 Å². The Balaban J connectivity index is 1.32. The van der Waals surface area contributed by atoms with E-state index in [9.17, 15) is 9.59 Å². The van der Waals surface area contributed by atoms with Gasteiger partial charge < -0.3 is 24.6 Å². The minimum absolute atomic E-state index is 0.0759. The first-order chi connectivity index (χ1) is 16.9. The van der Waals surface area contributed by atoms with Crippen molar-refractivity contribution in [3.05, 3.63) is 60.2 Å². The van der Waals surface area contributed by atoms with E-state index in [0.29, 0.717) is 22.7 Å². The maximum Gasteiger partial charge on any atom is 0.262 e. The van der Waals surface area contributed by atoms with Crippen LogP contribution >= 0.6 is 0 Å². The number of methoxy groups -OCH3 is 1. The van der Waals surface area contributed by atoms with Gasteiger partial charge in [0.25, 0.3) is 5.91 Å². The molecule has 0 saturated carbocycles. The number of likely N-dealkylation sites (N-methyl/N-ethyl adjacent to an activating group) is 1. The van der Waals surface area contributed by atoms with Crippen molar-refractivity contribution in [1.82, 2.24) is 15.1 Å². The monoisotopic (exact) mass is 475 g/mol. The van der Waals surface area contributed by atoms with Gasteiger partial charge in [-0.15, -0.1) is 10.2 Å². The van der Waals surface area contributed by atoms with E-state index in [0.717, 1.165) is 43.3 Å². The number of carbonyl (C=O) groups is 2. The Morgan fingerprint density at radius 2 is 1.69 bits per heavy atom. The van der Waals surface area contributed by atoms with Crippen molar-refractivity contribution >= 4 is 23.2 Å². The summed E-state index contributed by atoms with van der Waals surface area (Å²) in [5, 5.41) is 11.6. The molecular formula is C26H29N5O4. The van der Waals surface area contributed by atoms with Crippen molar-refractivity contribution in [3.8, 4) is 22.8 Å². The molecule has 9 nitrogen and oxygen atoms in total. The Labute approximate surface area is 204 Å². The zero-order chi connectivity index (χ0) is 24.8. The van der Waals surface area contributed by atoms with Crippen LogP contribution in [0.15, 0.2) is 54.6 Å². The largest absolute Gasteiger partial charge is 0.493 e. The zero-order valence-corrected chi connectivity index (χ0v) is 20.2. The lowest BCUT2D eigenvalue weighted by atomic mass is 10.1. The molecule has 1 aliphatic rings. The lowest BCUT2D eigenvalue weighted by Gasteiger charge is -2.32. The summed E-state index contributed by atoms with van der Waals surface area (Å²) in [6.07, 6.45) is 0. The second kappa shape index (κ2) is 11.0. The normalized spacial score (nSPS) is 13.9. The van der Waals surface area contributed by atoms with E-state index in [4.69, 9.17) is 9.47 Å². The van der Waals surface area contributed by atoms with E-state index in [1.165, 1.54) is 14.0 Å². The number of rotatable bonds is 8. The standard InChI is InChI=1S/C26H29N5O4/c1-18(32)20-6-10-23(24(16-20)34-3)35-17-26(33)27-21-7-4-19(5-8-21)22-9-11-25(29-28-22)31-14-12-30(2)13-15-31/h4-11,16H,12-15,17H2,1-3H3,(H,27,33). The molecule has 0 radical (unpaired) electrons. The molecule has 0 bridgehead atoms. The molecule has 35 heavy (non-hydrogen) atoms. The van der Waals surface area contributed by atoms with Gasteiger partial charge in [-0.1, -0.05) is 12.1 Å². The fraction of sp³-hybridized carbons (Fsp3) is 0.308. The van der Waals surface area contributed by atoms with Gasteiger partial charge in [-0.25, -0.2) is 0 Å². The van der Waals surface area contributed by atoms with Gasteiger partial charge in [0.15, 0.2) is 29.7 Å². The van der Waals surface area contributed by atoms with E-state index in [2.05, 4.69) is 32.4 Å². The molecule has 1 fully saturated rings. The molecule has 182 valence electrons. The van der Waals surface area contributed by atoms with Crippen molar-refractivity contribution in [3.63, 3.8) is 0 Å². The van der Waals surface area contributed by atoms with Gasteiger partial charge in [0, 0.05) is 43.0 Å². The predicted molar refractivity (Wildman–Crippen MR) is 134 cm³/mol. The summed E-state index contributed by atoms with van der Waals surface area (Å²) in [5.74, 6) is 1.29. The molecule has 1 aliphatic heterocycles. The van der Waals surface area contributed by atoms with Crippen LogP contribution < -0.4 is 19.7 Å². The number of piperazine rings is 1. The fourth-order valence-electron chi connectivity index (χ4n) is 3.75. The lowest BCUT2D eigenvalue weighted by Crippen LogP contribution is -2.44. The molecule has 1 saturated heterocycles. The van der Waals surface area contributed by atoms with Gasteiger partial charge in [0.05, 0.1) is 12.8 Å². The molecule has 9 heteroatoms. The molecule has 0 aliphatic carbocycles. The van der Waals surface area contributed by atoms with E-state index in [1.807, 2.05) is 36.4 Å². The number of anilines is 2. The van der Waals surface area contributed by atoms with Crippen molar-refractivity contribution < 1.29 is 19.1 Å². The SMILES string of the molecule is COc1cc(C(C)=O)ccc1OCC(=O)Nc1ccc(-c2ccc(N3CCN(C)CC3)nn2)cc1. The summed E-state index contributed by atoms with van der Waals surface area (Å²) in [7, 11) is 3.61. The number of hydrogen-bond donors (Lipinski definition) is 1. The van der Waals surface area contributed by atoms with Crippen LogP contribution in [0.2, 0.25) is 0 Å². The quantitative estimate of drug-likeness (QED) is 0.497. The number of Topliss-reactive ketones (excluding diaryl/α,β-unsaturated/α-hetero) is 1. The first-order valence-electron chi connectivity index (χ1n) is 11.4.